The van der Waals surface area contributed by atoms with Crippen molar-refractivity contribution in [3.63, 3.8) is 0 Å². The molecule has 0 aliphatic rings. The van der Waals surface area contributed by atoms with Crippen LogP contribution in [0.5, 0.6) is 5.75 Å². The summed E-state index contributed by atoms with van der Waals surface area (Å²) in [5.74, 6) is -0.0296. The number of rotatable bonds is 8. The van der Waals surface area contributed by atoms with Gasteiger partial charge in [0.25, 0.3) is 5.91 Å². The zero-order valence-corrected chi connectivity index (χ0v) is 18.0. The molecule has 0 aliphatic carbocycles. The summed E-state index contributed by atoms with van der Waals surface area (Å²) >= 11 is 1.44. The topological polar surface area (TPSA) is 68.7 Å². The predicted molar refractivity (Wildman–Crippen MR) is 118 cm³/mol. The van der Waals surface area contributed by atoms with Gasteiger partial charge in [-0.2, -0.15) is 0 Å². The molecule has 0 spiro atoms. The minimum Gasteiger partial charge on any atom is -0.493 e. The van der Waals surface area contributed by atoms with Gasteiger partial charge in [0, 0.05) is 18.1 Å². The number of nitrogens with zero attached hydrogens (tertiary/aromatic N) is 2. The van der Waals surface area contributed by atoms with Crippen molar-refractivity contribution in [1.29, 1.82) is 0 Å². The average molecular weight is 425 g/mol. The Morgan fingerprint density at radius 1 is 1.10 bits per heavy atom. The molecule has 30 heavy (non-hydrogen) atoms. The Bertz CT molecular complexity index is 1000. The molecule has 1 amide bonds. The first-order chi connectivity index (χ1) is 14.5. The number of hydrogen-bond acceptors (Lipinski definition) is 6. The maximum absolute atomic E-state index is 12.5. The second-order valence-electron chi connectivity index (χ2n) is 6.61. The van der Waals surface area contributed by atoms with Gasteiger partial charge in [-0.1, -0.05) is 30.3 Å². The van der Waals surface area contributed by atoms with Gasteiger partial charge in [-0.05, 0) is 38.1 Å². The van der Waals surface area contributed by atoms with Gasteiger partial charge in [-0.15, -0.1) is 11.3 Å². The Balaban J connectivity index is 1.61. The fraction of sp³-hybridized carbons (Fsp3) is 0.261. The number of ether oxygens (including phenoxy) is 2. The lowest BCUT2D eigenvalue weighted by atomic mass is 10.2. The van der Waals surface area contributed by atoms with Gasteiger partial charge in [0.15, 0.2) is 6.10 Å². The van der Waals surface area contributed by atoms with Crippen molar-refractivity contribution in [1.82, 2.24) is 4.98 Å². The smallest absolute Gasteiger partial charge is 0.312 e. The van der Waals surface area contributed by atoms with Crippen molar-refractivity contribution in [2.75, 3.05) is 18.6 Å². The highest BCUT2D eigenvalue weighted by molar-refractivity contribution is 7.13. The molecule has 3 aromatic rings. The third kappa shape index (κ3) is 5.24. The quantitative estimate of drug-likeness (QED) is 0.503. The van der Waals surface area contributed by atoms with Crippen molar-refractivity contribution in [3.05, 3.63) is 65.7 Å². The Labute approximate surface area is 180 Å². The summed E-state index contributed by atoms with van der Waals surface area (Å²) in [6.07, 6.45) is -0.889. The minimum atomic E-state index is -0.889. The van der Waals surface area contributed by atoms with E-state index in [0.29, 0.717) is 12.3 Å². The highest BCUT2D eigenvalue weighted by atomic mass is 32.1. The lowest BCUT2D eigenvalue weighted by Gasteiger charge is -2.21. The number of carbonyl (C=O) groups excluding carboxylic acids is 2. The Hall–Kier alpha value is -3.19. The number of thiazole rings is 1. The van der Waals surface area contributed by atoms with Crippen molar-refractivity contribution in [2.24, 2.45) is 0 Å². The zero-order chi connectivity index (χ0) is 21.5. The Kier molecular flexibility index (Phi) is 7.19. The number of benzene rings is 2. The van der Waals surface area contributed by atoms with Crippen LogP contribution in [0.4, 0.5) is 5.69 Å². The molecule has 0 radical (unpaired) electrons. The molecular weight excluding hydrogens is 400 g/mol. The lowest BCUT2D eigenvalue weighted by Crippen LogP contribution is -2.37. The Morgan fingerprint density at radius 3 is 2.53 bits per heavy atom. The van der Waals surface area contributed by atoms with Crippen LogP contribution in [-0.2, 0) is 20.7 Å². The molecule has 1 aromatic heterocycles. The minimum absolute atomic E-state index is 0.0000267. The van der Waals surface area contributed by atoms with E-state index in [9.17, 15) is 9.59 Å². The molecule has 156 valence electrons. The number of para-hydroxylation sites is 2. The first kappa shape index (κ1) is 21.5. The second kappa shape index (κ2) is 10.0. The van der Waals surface area contributed by atoms with Crippen LogP contribution in [0.15, 0.2) is 60.0 Å². The number of hydrogen-bond donors (Lipinski definition) is 0. The average Bonchev–Trinajstić information content (AvgIpc) is 3.22. The summed E-state index contributed by atoms with van der Waals surface area (Å²) in [5, 5.41) is 2.59. The summed E-state index contributed by atoms with van der Waals surface area (Å²) < 4.78 is 11.0. The third-order valence-electron chi connectivity index (χ3n) is 4.42. The van der Waals surface area contributed by atoms with Gasteiger partial charge in [0.05, 0.1) is 24.3 Å². The van der Waals surface area contributed by atoms with Crippen LogP contribution in [0, 0.1) is 0 Å². The molecule has 0 N–H and O–H groups in total. The van der Waals surface area contributed by atoms with Crippen LogP contribution in [0.2, 0.25) is 0 Å². The van der Waals surface area contributed by atoms with Crippen LogP contribution in [-0.4, -0.2) is 36.6 Å². The number of likely N-dealkylation sites (N-methyl/N-ethyl adjacent to an activating group) is 1. The number of anilines is 1. The molecule has 1 unspecified atom stereocenters. The van der Waals surface area contributed by atoms with Crippen molar-refractivity contribution in [2.45, 2.75) is 26.4 Å². The summed E-state index contributed by atoms with van der Waals surface area (Å²) in [6, 6.07) is 16.9. The second-order valence-corrected chi connectivity index (χ2v) is 7.47. The van der Waals surface area contributed by atoms with E-state index < -0.39 is 12.1 Å². The highest BCUT2D eigenvalue weighted by Crippen LogP contribution is 2.32. The van der Waals surface area contributed by atoms with E-state index >= 15 is 0 Å². The lowest BCUT2D eigenvalue weighted by molar-refractivity contribution is -0.153. The SMILES string of the molecule is CCOc1ccccc1-c1nc(CC(=O)OC(C)C(=O)N(C)c2ccccc2)cs1. The summed E-state index contributed by atoms with van der Waals surface area (Å²) in [4.78, 5) is 30.9. The van der Waals surface area contributed by atoms with E-state index in [0.717, 1.165) is 22.0 Å². The molecule has 2 aromatic carbocycles. The molecule has 6 nitrogen and oxygen atoms in total. The molecular formula is C23H24N2O4S. The van der Waals surface area contributed by atoms with Crippen molar-refractivity contribution < 1.29 is 19.1 Å². The number of esters is 1. The third-order valence-corrected chi connectivity index (χ3v) is 5.35. The molecule has 0 saturated carbocycles. The maximum Gasteiger partial charge on any atom is 0.312 e. The molecule has 0 saturated heterocycles. The Morgan fingerprint density at radius 2 is 1.80 bits per heavy atom. The van der Waals surface area contributed by atoms with Crippen LogP contribution in [0.3, 0.4) is 0 Å². The number of amides is 1. The fourth-order valence-electron chi connectivity index (χ4n) is 2.93. The van der Waals surface area contributed by atoms with Crippen molar-refractivity contribution >= 4 is 28.9 Å². The molecule has 0 bridgehead atoms. The standard InChI is InChI=1S/C23H24N2O4S/c1-4-28-20-13-9-8-12-19(20)22-24-17(15-30-22)14-21(26)29-16(2)23(27)25(3)18-10-6-5-7-11-18/h5-13,15-16H,4,14H2,1-3H3. The molecule has 3 rings (SSSR count). The zero-order valence-electron chi connectivity index (χ0n) is 17.2. The summed E-state index contributed by atoms with van der Waals surface area (Å²) in [5.41, 5.74) is 2.22. The molecule has 7 heteroatoms. The van der Waals surface area contributed by atoms with Gasteiger partial charge in [0.2, 0.25) is 0 Å². The van der Waals surface area contributed by atoms with Gasteiger partial charge >= 0.3 is 5.97 Å². The first-order valence-electron chi connectivity index (χ1n) is 9.68. The van der Waals surface area contributed by atoms with E-state index in [1.54, 1.807) is 14.0 Å². The van der Waals surface area contributed by atoms with Crippen LogP contribution >= 0.6 is 11.3 Å². The van der Waals surface area contributed by atoms with E-state index in [2.05, 4.69) is 4.98 Å². The van der Waals surface area contributed by atoms with E-state index in [1.807, 2.05) is 66.9 Å². The van der Waals surface area contributed by atoms with Gasteiger partial charge in [-0.3, -0.25) is 9.59 Å². The summed E-state index contributed by atoms with van der Waals surface area (Å²) in [6.45, 7) is 4.06. The van der Waals surface area contributed by atoms with E-state index in [-0.39, 0.29) is 12.3 Å². The van der Waals surface area contributed by atoms with Gasteiger partial charge < -0.3 is 14.4 Å². The van der Waals surface area contributed by atoms with E-state index in [4.69, 9.17) is 9.47 Å². The predicted octanol–water partition coefficient (Wildman–Crippen LogP) is 4.35. The van der Waals surface area contributed by atoms with E-state index in [1.165, 1.54) is 16.2 Å². The highest BCUT2D eigenvalue weighted by Gasteiger charge is 2.23. The number of carbonyl (C=O) groups is 2. The molecule has 0 aliphatic heterocycles. The molecule has 1 heterocycles. The first-order valence-corrected chi connectivity index (χ1v) is 10.6. The fourth-order valence-corrected chi connectivity index (χ4v) is 3.77. The van der Waals surface area contributed by atoms with Crippen molar-refractivity contribution in [3.8, 4) is 16.3 Å². The maximum atomic E-state index is 12.5. The molecule has 0 fully saturated rings. The van der Waals surface area contributed by atoms with Crippen LogP contribution in [0.25, 0.3) is 10.6 Å². The van der Waals surface area contributed by atoms with Crippen LogP contribution < -0.4 is 9.64 Å². The van der Waals surface area contributed by atoms with Gasteiger partial charge in [0.1, 0.15) is 10.8 Å². The number of aromatic nitrogens is 1. The van der Waals surface area contributed by atoms with Gasteiger partial charge in [-0.25, -0.2) is 4.98 Å². The largest absolute Gasteiger partial charge is 0.493 e. The monoisotopic (exact) mass is 424 g/mol. The normalized spacial score (nSPS) is 11.6. The molecule has 1 atom stereocenters. The van der Waals surface area contributed by atoms with Crippen LogP contribution in [0.1, 0.15) is 19.5 Å². The summed E-state index contributed by atoms with van der Waals surface area (Å²) in [7, 11) is 1.66.